The van der Waals surface area contributed by atoms with Crippen LogP contribution in [0.2, 0.25) is 0 Å². The Morgan fingerprint density at radius 2 is 1.85 bits per heavy atom. The number of aryl methyl sites for hydroxylation is 3. The number of benzene rings is 2. The van der Waals surface area contributed by atoms with Gasteiger partial charge in [0.2, 0.25) is 0 Å². The Balaban J connectivity index is 1.42. The molecular formula is C32H35N5O4. The number of carboxylic acid groups (broad SMARTS) is 1. The summed E-state index contributed by atoms with van der Waals surface area (Å²) < 4.78 is 7.54. The van der Waals surface area contributed by atoms with Crippen LogP contribution in [0.4, 0.5) is 0 Å². The van der Waals surface area contributed by atoms with Crippen LogP contribution in [-0.2, 0) is 30.7 Å². The molecule has 212 valence electrons. The lowest BCUT2D eigenvalue weighted by atomic mass is 9.84. The fourth-order valence-electron chi connectivity index (χ4n) is 6.29. The zero-order valence-electron chi connectivity index (χ0n) is 23.6. The number of pyridine rings is 1. The van der Waals surface area contributed by atoms with Gasteiger partial charge in [0.1, 0.15) is 11.3 Å². The van der Waals surface area contributed by atoms with Gasteiger partial charge in [-0.2, -0.15) is 0 Å². The molecule has 0 radical (unpaired) electrons. The highest BCUT2D eigenvalue weighted by atomic mass is 16.5. The van der Waals surface area contributed by atoms with Crippen LogP contribution in [0, 0.1) is 6.92 Å². The van der Waals surface area contributed by atoms with Crippen molar-refractivity contribution in [1.29, 1.82) is 0 Å². The van der Waals surface area contributed by atoms with Crippen LogP contribution in [-0.4, -0.2) is 55.5 Å². The summed E-state index contributed by atoms with van der Waals surface area (Å²) in [4.78, 5) is 32.2. The van der Waals surface area contributed by atoms with Gasteiger partial charge in [0, 0.05) is 37.3 Å². The van der Waals surface area contributed by atoms with Gasteiger partial charge in [0.05, 0.1) is 13.5 Å². The number of amides is 1. The zero-order valence-corrected chi connectivity index (χ0v) is 23.6. The van der Waals surface area contributed by atoms with Crippen molar-refractivity contribution in [3.05, 3.63) is 81.5 Å². The molecule has 4 aromatic rings. The molecule has 9 bridgehead atoms. The maximum absolute atomic E-state index is 13.6. The number of carbonyl (C=O) groups is 2. The van der Waals surface area contributed by atoms with E-state index in [1.165, 1.54) is 5.56 Å². The number of carboxylic acids is 1. The largest absolute Gasteiger partial charge is 0.496 e. The molecule has 2 aromatic carbocycles. The summed E-state index contributed by atoms with van der Waals surface area (Å²) in [6, 6.07) is 12.0. The van der Waals surface area contributed by atoms with Crippen molar-refractivity contribution in [2.45, 2.75) is 70.9 Å². The number of aliphatic carboxylic acids is 1. The normalized spacial score (nSPS) is 17.7. The maximum Gasteiger partial charge on any atom is 0.304 e. The third-order valence-corrected chi connectivity index (χ3v) is 8.61. The first kappa shape index (κ1) is 26.9. The second-order valence-electron chi connectivity index (χ2n) is 11.2. The van der Waals surface area contributed by atoms with E-state index in [0.29, 0.717) is 24.2 Å². The van der Waals surface area contributed by atoms with E-state index in [9.17, 15) is 14.7 Å². The molecule has 41 heavy (non-hydrogen) atoms. The molecule has 9 rings (SSSR count). The van der Waals surface area contributed by atoms with E-state index in [2.05, 4.69) is 22.4 Å². The van der Waals surface area contributed by atoms with Crippen molar-refractivity contribution in [2.75, 3.05) is 13.7 Å². The smallest absolute Gasteiger partial charge is 0.304 e. The Morgan fingerprint density at radius 3 is 2.68 bits per heavy atom. The van der Waals surface area contributed by atoms with Gasteiger partial charge in [-0.05, 0) is 78.1 Å². The van der Waals surface area contributed by atoms with Crippen LogP contribution in [0.25, 0.3) is 11.2 Å². The van der Waals surface area contributed by atoms with Gasteiger partial charge in [0.25, 0.3) is 5.91 Å². The molecule has 5 aliphatic heterocycles. The van der Waals surface area contributed by atoms with Crippen molar-refractivity contribution in [2.24, 2.45) is 0 Å². The average Bonchev–Trinajstić information content (AvgIpc) is 3.40. The quantitative estimate of drug-likeness (QED) is 0.377. The fraction of sp³-hybridized carbons (Fsp3) is 0.406. The minimum atomic E-state index is -0.883. The molecule has 1 amide bonds. The summed E-state index contributed by atoms with van der Waals surface area (Å²) in [5.41, 5.74) is 8.04. The second-order valence-corrected chi connectivity index (χ2v) is 11.2. The number of hydrogen-bond acceptors (Lipinski definition) is 6. The molecule has 0 unspecified atom stereocenters. The van der Waals surface area contributed by atoms with Crippen molar-refractivity contribution < 1.29 is 19.4 Å². The molecule has 0 spiro atoms. The Hall–Kier alpha value is -4.27. The number of hydrogen-bond donors (Lipinski definition) is 1. The van der Waals surface area contributed by atoms with Gasteiger partial charge in [0.15, 0.2) is 5.65 Å². The predicted molar refractivity (Wildman–Crippen MR) is 154 cm³/mol. The highest BCUT2D eigenvalue weighted by Crippen LogP contribution is 2.35. The van der Waals surface area contributed by atoms with Gasteiger partial charge in [-0.3, -0.25) is 9.59 Å². The monoisotopic (exact) mass is 553 g/mol. The van der Waals surface area contributed by atoms with Crippen LogP contribution in [0.5, 0.6) is 5.75 Å². The molecular weight excluding hydrogens is 518 g/mol. The van der Waals surface area contributed by atoms with Crippen LogP contribution in [0.3, 0.4) is 0 Å². The number of methoxy groups -OCH3 is 1. The molecule has 2 aromatic heterocycles. The number of carbonyl (C=O) groups excluding carboxylic acids is 1. The summed E-state index contributed by atoms with van der Waals surface area (Å²) >= 11 is 0. The van der Waals surface area contributed by atoms with Crippen molar-refractivity contribution in [3.63, 3.8) is 0 Å². The van der Waals surface area contributed by atoms with E-state index in [4.69, 9.17) is 9.72 Å². The fourth-order valence-corrected chi connectivity index (χ4v) is 6.29. The molecule has 7 heterocycles. The molecule has 0 aliphatic carbocycles. The summed E-state index contributed by atoms with van der Waals surface area (Å²) in [7, 11) is 1.66. The van der Waals surface area contributed by atoms with Gasteiger partial charge in [-0.1, -0.05) is 42.3 Å². The molecule has 0 saturated carbocycles. The number of nitrogens with zero attached hydrogens (tertiary/aromatic N) is 5. The van der Waals surface area contributed by atoms with E-state index in [1.807, 2.05) is 40.8 Å². The summed E-state index contributed by atoms with van der Waals surface area (Å²) in [6.07, 6.45) is 7.46. The lowest BCUT2D eigenvalue weighted by Gasteiger charge is -2.30. The van der Waals surface area contributed by atoms with Crippen molar-refractivity contribution in [3.8, 4) is 5.75 Å². The molecule has 0 fully saturated rings. The van der Waals surface area contributed by atoms with E-state index in [0.717, 1.165) is 84.3 Å². The summed E-state index contributed by atoms with van der Waals surface area (Å²) in [5, 5.41) is 18.7. The summed E-state index contributed by atoms with van der Waals surface area (Å²) in [6.45, 7) is 3.80. The molecule has 0 saturated heterocycles. The Morgan fingerprint density at radius 1 is 1.02 bits per heavy atom. The van der Waals surface area contributed by atoms with Crippen molar-refractivity contribution >= 4 is 23.0 Å². The Kier molecular flexibility index (Phi) is 7.43. The van der Waals surface area contributed by atoms with Crippen LogP contribution in [0.1, 0.15) is 81.8 Å². The third-order valence-electron chi connectivity index (χ3n) is 8.61. The molecule has 5 aliphatic rings. The number of aromatic nitrogens is 4. The molecule has 1 N–H and O–H groups in total. The van der Waals surface area contributed by atoms with Gasteiger partial charge < -0.3 is 14.7 Å². The summed E-state index contributed by atoms with van der Waals surface area (Å²) in [5.74, 6) is -0.556. The maximum atomic E-state index is 13.6. The number of rotatable bonds is 3. The van der Waals surface area contributed by atoms with E-state index in [-0.39, 0.29) is 12.3 Å². The predicted octanol–water partition coefficient (Wildman–Crippen LogP) is 5.06. The average molecular weight is 554 g/mol. The first-order valence-corrected chi connectivity index (χ1v) is 14.4. The Labute approximate surface area is 239 Å². The van der Waals surface area contributed by atoms with Gasteiger partial charge in [-0.15, -0.1) is 5.10 Å². The van der Waals surface area contributed by atoms with Crippen LogP contribution in [0.15, 0.2) is 42.6 Å². The molecule has 1 atom stereocenters. The number of ether oxygens (including phenoxy) is 1. The van der Waals surface area contributed by atoms with Crippen LogP contribution < -0.4 is 4.74 Å². The topological polar surface area (TPSA) is 110 Å². The minimum Gasteiger partial charge on any atom is -0.496 e. The van der Waals surface area contributed by atoms with E-state index in [1.54, 1.807) is 13.3 Å². The first-order valence-electron chi connectivity index (χ1n) is 14.4. The first-order chi connectivity index (χ1) is 19.9. The standard InChI is InChI=1S/C32H35N5O4/c1-20-27-18-33-31-30(20)34-35-37(31)13-6-4-3-5-7-22-9-11-24(16-28(22)41-2)32(40)36-14-12-21-8-10-23(15-25(21)19-36)26(27)17-29(38)39/h8-11,15-16,18,26H,3-7,12-14,17,19H2,1-2H3,(H,38,39)/t26-/m1/s1. The zero-order chi connectivity index (χ0) is 28.5. The second kappa shape index (κ2) is 11.3. The highest BCUT2D eigenvalue weighted by Gasteiger charge is 2.27. The van der Waals surface area contributed by atoms with Crippen LogP contribution >= 0.6 is 0 Å². The van der Waals surface area contributed by atoms with E-state index >= 15 is 0 Å². The lowest BCUT2D eigenvalue weighted by molar-refractivity contribution is -0.137. The van der Waals surface area contributed by atoms with E-state index < -0.39 is 11.9 Å². The third kappa shape index (κ3) is 5.28. The minimum absolute atomic E-state index is 0.0243. The van der Waals surface area contributed by atoms with Gasteiger partial charge >= 0.3 is 5.97 Å². The molecule has 9 heteroatoms. The highest BCUT2D eigenvalue weighted by molar-refractivity contribution is 5.95. The Bertz CT molecular complexity index is 1630. The van der Waals surface area contributed by atoms with Crippen molar-refractivity contribution in [1.82, 2.24) is 24.9 Å². The molecule has 9 nitrogen and oxygen atoms in total. The lowest BCUT2D eigenvalue weighted by Crippen LogP contribution is -2.36. The SMILES string of the molecule is COc1cc2ccc1CCCCCCn1nnc3c(C)c(cnc31)[C@H](CC(=O)O)c1ccc3c(c1)CN(CC3)C2=O. The van der Waals surface area contributed by atoms with Gasteiger partial charge in [-0.25, -0.2) is 9.67 Å².